The van der Waals surface area contributed by atoms with E-state index in [1.54, 1.807) is 13.0 Å². The summed E-state index contributed by atoms with van der Waals surface area (Å²) in [6.07, 6.45) is 0. The van der Waals surface area contributed by atoms with E-state index in [1.165, 1.54) is 0 Å². The first-order chi connectivity index (χ1) is 8.69. The summed E-state index contributed by atoms with van der Waals surface area (Å²) in [5.41, 5.74) is 7.89. The summed E-state index contributed by atoms with van der Waals surface area (Å²) in [7, 11) is 0. The van der Waals surface area contributed by atoms with Crippen molar-refractivity contribution < 1.29 is 9.32 Å². The Morgan fingerprint density at radius 3 is 2.56 bits per heavy atom. The Hall–Kier alpha value is -2.14. The molecule has 0 radical (unpaired) electrons. The maximum atomic E-state index is 11.7. The van der Waals surface area contributed by atoms with Crippen LogP contribution in [0.5, 0.6) is 0 Å². The second-order valence-electron chi connectivity index (χ2n) is 4.03. The Morgan fingerprint density at radius 2 is 2.00 bits per heavy atom. The van der Waals surface area contributed by atoms with Gasteiger partial charge in [-0.05, 0) is 18.1 Å². The van der Waals surface area contributed by atoms with Crippen LogP contribution < -0.4 is 11.1 Å². The first-order valence-corrected chi connectivity index (χ1v) is 5.68. The number of aryl methyl sites for hydroxylation is 1. The molecule has 0 aliphatic heterocycles. The highest BCUT2D eigenvalue weighted by Crippen LogP contribution is 2.05. The van der Waals surface area contributed by atoms with E-state index in [9.17, 15) is 4.79 Å². The minimum absolute atomic E-state index is 0.241. The summed E-state index contributed by atoms with van der Waals surface area (Å²) in [6.45, 7) is 2.72. The van der Waals surface area contributed by atoms with Crippen molar-refractivity contribution >= 4 is 5.91 Å². The molecular formula is C13H15N3O2. The molecule has 18 heavy (non-hydrogen) atoms. The first kappa shape index (κ1) is 12.3. The summed E-state index contributed by atoms with van der Waals surface area (Å²) in [4.78, 5) is 11.7. The molecule has 1 heterocycles. The number of rotatable bonds is 4. The smallest absolute Gasteiger partial charge is 0.273 e. The van der Waals surface area contributed by atoms with E-state index in [1.807, 2.05) is 24.3 Å². The number of hydrogen-bond acceptors (Lipinski definition) is 4. The van der Waals surface area contributed by atoms with Crippen molar-refractivity contribution in [1.29, 1.82) is 0 Å². The van der Waals surface area contributed by atoms with Gasteiger partial charge >= 0.3 is 0 Å². The van der Waals surface area contributed by atoms with Gasteiger partial charge in [-0.3, -0.25) is 4.79 Å². The van der Waals surface area contributed by atoms with E-state index in [2.05, 4.69) is 10.5 Å². The van der Waals surface area contributed by atoms with Crippen LogP contribution in [0, 0.1) is 6.92 Å². The molecule has 0 aliphatic rings. The summed E-state index contributed by atoms with van der Waals surface area (Å²) >= 11 is 0. The van der Waals surface area contributed by atoms with Gasteiger partial charge in [-0.25, -0.2) is 0 Å². The summed E-state index contributed by atoms with van der Waals surface area (Å²) in [5, 5.41) is 6.43. The van der Waals surface area contributed by atoms with Crippen molar-refractivity contribution in [2.45, 2.75) is 20.0 Å². The molecule has 2 rings (SSSR count). The standard InChI is InChI=1S/C13H15N3O2/c1-9-6-12(16-18-9)13(17)15-8-11-4-2-10(7-14)3-5-11/h2-6H,7-8,14H2,1H3,(H,15,17). The molecule has 94 valence electrons. The van der Waals surface area contributed by atoms with Crippen molar-refractivity contribution in [3.8, 4) is 0 Å². The number of hydrogen-bond donors (Lipinski definition) is 2. The lowest BCUT2D eigenvalue weighted by Crippen LogP contribution is -2.23. The van der Waals surface area contributed by atoms with Crippen LogP contribution in [0.25, 0.3) is 0 Å². The van der Waals surface area contributed by atoms with Gasteiger partial charge in [0.15, 0.2) is 5.69 Å². The third kappa shape index (κ3) is 2.95. The van der Waals surface area contributed by atoms with Gasteiger partial charge in [0.1, 0.15) is 5.76 Å². The number of nitrogens with zero attached hydrogens (tertiary/aromatic N) is 1. The van der Waals surface area contributed by atoms with Crippen LogP contribution in [0.1, 0.15) is 27.4 Å². The number of nitrogens with two attached hydrogens (primary N) is 1. The zero-order valence-corrected chi connectivity index (χ0v) is 10.1. The lowest BCUT2D eigenvalue weighted by Gasteiger charge is -2.04. The molecule has 0 spiro atoms. The van der Waals surface area contributed by atoms with Crippen LogP contribution >= 0.6 is 0 Å². The minimum atomic E-state index is -0.241. The van der Waals surface area contributed by atoms with E-state index >= 15 is 0 Å². The van der Waals surface area contributed by atoms with Gasteiger partial charge < -0.3 is 15.6 Å². The second-order valence-corrected chi connectivity index (χ2v) is 4.03. The zero-order valence-electron chi connectivity index (χ0n) is 10.1. The zero-order chi connectivity index (χ0) is 13.0. The van der Waals surface area contributed by atoms with Crippen LogP contribution in [0.15, 0.2) is 34.9 Å². The van der Waals surface area contributed by atoms with Gasteiger partial charge in [0, 0.05) is 19.2 Å². The average molecular weight is 245 g/mol. The molecule has 0 atom stereocenters. The SMILES string of the molecule is Cc1cc(C(=O)NCc2ccc(CN)cc2)no1. The van der Waals surface area contributed by atoms with Crippen LogP contribution in [-0.4, -0.2) is 11.1 Å². The van der Waals surface area contributed by atoms with Gasteiger partial charge in [0.05, 0.1) is 0 Å². The Labute approximate surface area is 105 Å². The van der Waals surface area contributed by atoms with Crippen molar-refractivity contribution in [2.75, 3.05) is 0 Å². The molecular weight excluding hydrogens is 230 g/mol. The van der Waals surface area contributed by atoms with Crippen LogP contribution in [0.3, 0.4) is 0 Å². The fraction of sp³-hybridized carbons (Fsp3) is 0.231. The predicted octanol–water partition coefficient (Wildman–Crippen LogP) is 1.37. The summed E-state index contributed by atoms with van der Waals surface area (Å²) in [6, 6.07) is 9.38. The molecule has 1 amide bonds. The molecule has 0 fully saturated rings. The molecule has 0 unspecified atom stereocenters. The lowest BCUT2D eigenvalue weighted by atomic mass is 10.1. The highest BCUT2D eigenvalue weighted by Gasteiger charge is 2.09. The lowest BCUT2D eigenvalue weighted by molar-refractivity contribution is 0.0942. The largest absolute Gasteiger partial charge is 0.361 e. The van der Waals surface area contributed by atoms with Crippen LogP contribution in [0.2, 0.25) is 0 Å². The highest BCUT2D eigenvalue weighted by molar-refractivity contribution is 5.92. The number of aromatic nitrogens is 1. The van der Waals surface area contributed by atoms with Gasteiger partial charge in [-0.15, -0.1) is 0 Å². The van der Waals surface area contributed by atoms with Crippen molar-refractivity contribution in [1.82, 2.24) is 10.5 Å². The van der Waals surface area contributed by atoms with Crippen molar-refractivity contribution in [2.24, 2.45) is 5.73 Å². The van der Waals surface area contributed by atoms with E-state index in [-0.39, 0.29) is 5.91 Å². The maximum absolute atomic E-state index is 11.7. The maximum Gasteiger partial charge on any atom is 0.273 e. The molecule has 2 aromatic rings. The molecule has 0 saturated carbocycles. The Kier molecular flexibility index (Phi) is 3.74. The monoisotopic (exact) mass is 245 g/mol. The van der Waals surface area contributed by atoms with Crippen LogP contribution in [0.4, 0.5) is 0 Å². The molecule has 5 nitrogen and oxygen atoms in total. The van der Waals surface area contributed by atoms with Gasteiger partial charge in [-0.1, -0.05) is 29.4 Å². The van der Waals surface area contributed by atoms with Crippen LogP contribution in [-0.2, 0) is 13.1 Å². The molecule has 0 bridgehead atoms. The molecule has 0 aliphatic carbocycles. The number of carbonyl (C=O) groups is 1. The number of benzene rings is 1. The summed E-state index contributed by atoms with van der Waals surface area (Å²) in [5.74, 6) is 0.377. The Morgan fingerprint density at radius 1 is 1.33 bits per heavy atom. The van der Waals surface area contributed by atoms with Gasteiger partial charge in [0.2, 0.25) is 0 Å². The fourth-order valence-corrected chi connectivity index (χ4v) is 1.54. The fourth-order valence-electron chi connectivity index (χ4n) is 1.54. The van der Waals surface area contributed by atoms with E-state index in [0.717, 1.165) is 11.1 Å². The minimum Gasteiger partial charge on any atom is -0.361 e. The summed E-state index contributed by atoms with van der Waals surface area (Å²) < 4.78 is 4.84. The Balaban J connectivity index is 1.92. The van der Waals surface area contributed by atoms with E-state index < -0.39 is 0 Å². The van der Waals surface area contributed by atoms with Crippen molar-refractivity contribution in [3.63, 3.8) is 0 Å². The molecule has 1 aromatic heterocycles. The number of nitrogens with one attached hydrogen (secondary N) is 1. The van der Waals surface area contributed by atoms with E-state index in [4.69, 9.17) is 10.3 Å². The topological polar surface area (TPSA) is 81.2 Å². The second kappa shape index (κ2) is 5.46. The molecule has 1 aromatic carbocycles. The molecule has 5 heteroatoms. The number of amides is 1. The van der Waals surface area contributed by atoms with Crippen molar-refractivity contribution in [3.05, 3.63) is 52.9 Å². The third-order valence-electron chi connectivity index (χ3n) is 2.57. The first-order valence-electron chi connectivity index (χ1n) is 5.68. The molecule has 3 N–H and O–H groups in total. The molecule has 0 saturated heterocycles. The van der Waals surface area contributed by atoms with E-state index in [0.29, 0.717) is 24.5 Å². The quantitative estimate of drug-likeness (QED) is 0.852. The average Bonchev–Trinajstić information content (AvgIpc) is 2.83. The predicted molar refractivity (Wildman–Crippen MR) is 66.7 cm³/mol. The van der Waals surface area contributed by atoms with Gasteiger partial charge in [-0.2, -0.15) is 0 Å². The van der Waals surface area contributed by atoms with Gasteiger partial charge in [0.25, 0.3) is 5.91 Å². The normalized spacial score (nSPS) is 10.3. The number of carbonyl (C=O) groups excluding carboxylic acids is 1. The highest BCUT2D eigenvalue weighted by atomic mass is 16.5. The Bertz CT molecular complexity index is 531. The third-order valence-corrected chi connectivity index (χ3v) is 2.57.